The number of nitrogens with zero attached hydrogens (tertiary/aromatic N) is 2. The number of aromatic nitrogens is 1. The number of morpholine rings is 1. The molecule has 2 aromatic rings. The molecule has 1 atom stereocenters. The Labute approximate surface area is 141 Å². The highest BCUT2D eigenvalue weighted by molar-refractivity contribution is 5.92. The van der Waals surface area contributed by atoms with Gasteiger partial charge in [-0.15, -0.1) is 0 Å². The Morgan fingerprint density at radius 3 is 2.62 bits per heavy atom. The number of hydrogen-bond donors (Lipinski definition) is 2. The summed E-state index contributed by atoms with van der Waals surface area (Å²) in [6, 6.07) is 10.7. The number of carbonyl (C=O) groups excluding carboxylic acids is 1. The third-order valence-corrected chi connectivity index (χ3v) is 4.14. The van der Waals surface area contributed by atoms with Crippen molar-refractivity contribution in [2.75, 3.05) is 36.5 Å². The molecule has 1 fully saturated rings. The first-order chi connectivity index (χ1) is 11.6. The van der Waals surface area contributed by atoms with Crippen LogP contribution in [0, 0.1) is 0 Å². The lowest BCUT2D eigenvalue weighted by atomic mass is 10.2. The van der Waals surface area contributed by atoms with Crippen LogP contribution >= 0.6 is 0 Å². The summed E-state index contributed by atoms with van der Waals surface area (Å²) in [5.74, 6) is -0.00302. The fourth-order valence-corrected chi connectivity index (χ4v) is 2.68. The van der Waals surface area contributed by atoms with E-state index in [0.717, 1.165) is 37.7 Å². The molecule has 3 rings (SSSR count). The summed E-state index contributed by atoms with van der Waals surface area (Å²) in [5, 5.41) is 12.4. The molecule has 2 heterocycles. The second-order valence-electron chi connectivity index (χ2n) is 5.82. The number of amides is 1. The minimum Gasteiger partial charge on any atom is -0.503 e. The number of ether oxygens (including phenoxy) is 1. The van der Waals surface area contributed by atoms with Crippen molar-refractivity contribution in [1.82, 2.24) is 0 Å². The van der Waals surface area contributed by atoms with Gasteiger partial charge in [0.15, 0.2) is 11.9 Å². The van der Waals surface area contributed by atoms with Gasteiger partial charge in [0.05, 0.1) is 13.2 Å². The van der Waals surface area contributed by atoms with Crippen LogP contribution < -0.4 is 14.8 Å². The van der Waals surface area contributed by atoms with Crippen molar-refractivity contribution in [3.8, 4) is 5.75 Å². The molecule has 1 aromatic heterocycles. The zero-order chi connectivity index (χ0) is 16.9. The summed E-state index contributed by atoms with van der Waals surface area (Å²) in [7, 11) is 0. The fourth-order valence-electron chi connectivity index (χ4n) is 2.68. The number of pyridine rings is 1. The molecule has 6 nitrogen and oxygen atoms in total. The third kappa shape index (κ3) is 3.83. The van der Waals surface area contributed by atoms with Gasteiger partial charge in [0.2, 0.25) is 12.2 Å². The number of carbonyl (C=O) groups is 1. The van der Waals surface area contributed by atoms with Crippen molar-refractivity contribution >= 4 is 17.3 Å². The zero-order valence-electron chi connectivity index (χ0n) is 13.7. The molecule has 0 saturated carbocycles. The molecule has 1 amide bonds. The predicted octanol–water partition coefficient (Wildman–Crippen LogP) is 1.72. The van der Waals surface area contributed by atoms with Crippen LogP contribution in [0.1, 0.15) is 13.0 Å². The van der Waals surface area contributed by atoms with Crippen LogP contribution in [0.25, 0.3) is 0 Å². The summed E-state index contributed by atoms with van der Waals surface area (Å²) in [6.45, 7) is 5.05. The van der Waals surface area contributed by atoms with Gasteiger partial charge in [-0.3, -0.25) is 4.79 Å². The van der Waals surface area contributed by atoms with Crippen molar-refractivity contribution in [2.45, 2.75) is 13.0 Å². The van der Waals surface area contributed by atoms with Gasteiger partial charge >= 0.3 is 0 Å². The number of aromatic hydroxyl groups is 1. The number of anilines is 2. The summed E-state index contributed by atoms with van der Waals surface area (Å²) >= 11 is 0. The Hall–Kier alpha value is -2.60. The van der Waals surface area contributed by atoms with E-state index in [-0.39, 0.29) is 11.7 Å². The van der Waals surface area contributed by atoms with E-state index in [9.17, 15) is 9.90 Å². The Morgan fingerprint density at radius 1 is 1.25 bits per heavy atom. The van der Waals surface area contributed by atoms with E-state index in [1.165, 1.54) is 6.20 Å². The lowest BCUT2D eigenvalue weighted by Gasteiger charge is -2.28. The van der Waals surface area contributed by atoms with Gasteiger partial charge in [-0.05, 0) is 30.3 Å². The van der Waals surface area contributed by atoms with Gasteiger partial charge in [0, 0.05) is 37.5 Å². The normalized spacial score (nSPS) is 15.8. The highest BCUT2D eigenvalue weighted by Crippen LogP contribution is 2.19. The second kappa shape index (κ2) is 7.31. The summed E-state index contributed by atoms with van der Waals surface area (Å²) in [6.07, 6.45) is 3.29. The first kappa shape index (κ1) is 16.3. The molecule has 1 aliphatic rings. The number of rotatable bonds is 4. The molecule has 2 N–H and O–H groups in total. The molecule has 1 aliphatic heterocycles. The molecular formula is C18H22N3O3+. The van der Waals surface area contributed by atoms with E-state index in [4.69, 9.17) is 4.74 Å². The molecule has 1 saturated heterocycles. The van der Waals surface area contributed by atoms with Crippen molar-refractivity contribution in [2.24, 2.45) is 0 Å². The maximum absolute atomic E-state index is 12.4. The molecule has 24 heavy (non-hydrogen) atoms. The van der Waals surface area contributed by atoms with Gasteiger partial charge in [0.25, 0.3) is 5.91 Å². The van der Waals surface area contributed by atoms with E-state index < -0.39 is 6.04 Å². The van der Waals surface area contributed by atoms with Gasteiger partial charge in [-0.1, -0.05) is 0 Å². The molecule has 6 heteroatoms. The number of hydrogen-bond acceptors (Lipinski definition) is 4. The van der Waals surface area contributed by atoms with E-state index in [1.807, 2.05) is 24.3 Å². The molecule has 0 radical (unpaired) electrons. The van der Waals surface area contributed by atoms with Gasteiger partial charge in [-0.25, -0.2) is 0 Å². The lowest BCUT2D eigenvalue weighted by Crippen LogP contribution is -2.43. The standard InChI is InChI=1S/C18H21N3O3/c1-14(21-8-2-3-17(22)13-21)18(23)19-15-4-6-16(7-5-15)20-9-11-24-12-10-20/h2-8,13-14H,9-12H2,1H3,(H-,19,22,23)/p+1/t14-/m0/s1. The average Bonchev–Trinajstić information content (AvgIpc) is 2.62. The first-order valence-corrected chi connectivity index (χ1v) is 8.07. The zero-order valence-corrected chi connectivity index (χ0v) is 13.7. The fraction of sp³-hybridized carbons (Fsp3) is 0.333. The molecule has 0 bridgehead atoms. The van der Waals surface area contributed by atoms with E-state index in [0.29, 0.717) is 0 Å². The van der Waals surface area contributed by atoms with Crippen molar-refractivity contribution in [3.05, 3.63) is 48.8 Å². The Bertz CT molecular complexity index is 697. The Kier molecular flexibility index (Phi) is 4.96. The van der Waals surface area contributed by atoms with Crippen LogP contribution in [-0.4, -0.2) is 37.3 Å². The van der Waals surface area contributed by atoms with Crippen LogP contribution in [0.15, 0.2) is 48.8 Å². The quantitative estimate of drug-likeness (QED) is 0.839. The molecule has 126 valence electrons. The molecule has 0 aliphatic carbocycles. The van der Waals surface area contributed by atoms with Gasteiger partial charge in [0.1, 0.15) is 0 Å². The van der Waals surface area contributed by atoms with Crippen LogP contribution in [0.4, 0.5) is 11.4 Å². The van der Waals surface area contributed by atoms with Crippen LogP contribution in [-0.2, 0) is 9.53 Å². The number of benzene rings is 1. The maximum atomic E-state index is 12.4. The Balaban J connectivity index is 1.63. The van der Waals surface area contributed by atoms with Gasteiger partial charge < -0.3 is 20.1 Å². The van der Waals surface area contributed by atoms with Crippen molar-refractivity contribution in [1.29, 1.82) is 0 Å². The van der Waals surface area contributed by atoms with Crippen LogP contribution in [0.3, 0.4) is 0 Å². The monoisotopic (exact) mass is 328 g/mol. The SMILES string of the molecule is C[C@@H](C(=O)Nc1ccc(N2CCOCC2)cc1)[n+]1cccc(O)c1. The molecule has 1 aromatic carbocycles. The summed E-state index contributed by atoms with van der Waals surface area (Å²) in [4.78, 5) is 14.6. The molecule has 0 spiro atoms. The third-order valence-electron chi connectivity index (χ3n) is 4.14. The predicted molar refractivity (Wildman–Crippen MR) is 91.1 cm³/mol. The van der Waals surface area contributed by atoms with Crippen LogP contribution in [0.2, 0.25) is 0 Å². The second-order valence-corrected chi connectivity index (χ2v) is 5.82. The Morgan fingerprint density at radius 2 is 1.96 bits per heavy atom. The minimum absolute atomic E-state index is 0.131. The lowest BCUT2D eigenvalue weighted by molar-refractivity contribution is -0.705. The van der Waals surface area contributed by atoms with E-state index >= 15 is 0 Å². The van der Waals surface area contributed by atoms with Crippen molar-refractivity contribution < 1.29 is 19.2 Å². The largest absolute Gasteiger partial charge is 0.503 e. The topological polar surface area (TPSA) is 65.7 Å². The van der Waals surface area contributed by atoms with E-state index in [2.05, 4.69) is 10.2 Å². The highest BCUT2D eigenvalue weighted by Gasteiger charge is 2.22. The smallest absolute Gasteiger partial charge is 0.293 e. The summed E-state index contributed by atoms with van der Waals surface area (Å²) < 4.78 is 7.03. The van der Waals surface area contributed by atoms with Crippen molar-refractivity contribution in [3.63, 3.8) is 0 Å². The van der Waals surface area contributed by atoms with Crippen LogP contribution in [0.5, 0.6) is 5.75 Å². The summed E-state index contributed by atoms with van der Waals surface area (Å²) in [5.41, 5.74) is 1.89. The number of nitrogens with one attached hydrogen (secondary N) is 1. The van der Waals surface area contributed by atoms with E-state index in [1.54, 1.807) is 29.8 Å². The highest BCUT2D eigenvalue weighted by atomic mass is 16.5. The van der Waals surface area contributed by atoms with Gasteiger partial charge in [-0.2, -0.15) is 4.57 Å². The minimum atomic E-state index is -0.420. The molecular weight excluding hydrogens is 306 g/mol. The first-order valence-electron chi connectivity index (χ1n) is 8.07. The maximum Gasteiger partial charge on any atom is 0.293 e. The average molecular weight is 328 g/mol. The molecule has 0 unspecified atom stereocenters.